The van der Waals surface area contributed by atoms with Crippen LogP contribution in [-0.4, -0.2) is 88.5 Å². The van der Waals surface area contributed by atoms with Crippen LogP contribution in [0.4, 0.5) is 0 Å². The molecule has 0 aliphatic heterocycles. The van der Waals surface area contributed by atoms with Crippen LogP contribution in [0.2, 0.25) is 0 Å². The van der Waals surface area contributed by atoms with Gasteiger partial charge in [-0.2, -0.15) is 0 Å². The zero-order valence-corrected chi connectivity index (χ0v) is 33.0. The van der Waals surface area contributed by atoms with E-state index < -0.39 is 0 Å². The van der Waals surface area contributed by atoms with Crippen molar-refractivity contribution in [2.75, 3.05) is 67.6 Å². The van der Waals surface area contributed by atoms with E-state index in [4.69, 9.17) is 9.47 Å². The number of likely N-dealkylation sites (N-methyl/N-ethyl adjacent to an activating group) is 2. The molecule has 8 heteroatoms. The summed E-state index contributed by atoms with van der Waals surface area (Å²) in [6, 6.07) is 0. The Bertz CT molecular complexity index is 621. The van der Waals surface area contributed by atoms with E-state index in [1.165, 1.54) is 103 Å². The summed E-state index contributed by atoms with van der Waals surface area (Å²) in [5.41, 5.74) is 0. The maximum Gasteiger partial charge on any atom is 0.361 e. The second-order valence-electron chi connectivity index (χ2n) is 14.9. The predicted molar refractivity (Wildman–Crippen MR) is 188 cm³/mol. The summed E-state index contributed by atoms with van der Waals surface area (Å²) >= 11 is 0. The van der Waals surface area contributed by atoms with Crippen molar-refractivity contribution in [3.8, 4) is 0 Å². The topological polar surface area (TPSA) is 52.6 Å². The number of ether oxygens (including phenoxy) is 2. The van der Waals surface area contributed by atoms with Crippen molar-refractivity contribution in [1.29, 1.82) is 0 Å². The molecule has 0 fully saturated rings. The monoisotopic (exact) mass is 697 g/mol. The number of carbonyl (C=O) groups is 2. The third kappa shape index (κ3) is 36.3. The Hall–Kier alpha value is -0.560. The molecule has 0 aromatic rings. The molecule has 0 amide bonds. The molecule has 0 atom stereocenters. The van der Waals surface area contributed by atoms with Crippen molar-refractivity contribution in [2.45, 2.75) is 168 Å². The van der Waals surface area contributed by atoms with Crippen LogP contribution in [0, 0.1) is 0 Å². The van der Waals surface area contributed by atoms with Gasteiger partial charge in [-0.25, -0.2) is 9.59 Å². The minimum atomic E-state index is -0.0648. The van der Waals surface area contributed by atoms with Crippen LogP contribution in [0.15, 0.2) is 0 Å². The van der Waals surface area contributed by atoms with Crippen LogP contribution in [0.5, 0.6) is 0 Å². The van der Waals surface area contributed by atoms with E-state index >= 15 is 0 Å². The summed E-state index contributed by atoms with van der Waals surface area (Å²) in [5.74, 6) is -0.130. The highest BCUT2D eigenvalue weighted by atomic mass is 35.5. The fourth-order valence-corrected chi connectivity index (χ4v) is 5.93. The lowest BCUT2D eigenvalue weighted by atomic mass is 10.1. The number of unbranched alkanes of at least 4 members (excludes halogenated alkanes) is 21. The summed E-state index contributed by atoms with van der Waals surface area (Å²) in [7, 11) is 8.51. The number of hydrogen-bond donors (Lipinski definition) is 0. The van der Waals surface area contributed by atoms with E-state index in [9.17, 15) is 9.59 Å². The summed E-state index contributed by atoms with van der Waals surface area (Å²) < 4.78 is 12.4. The highest BCUT2D eigenvalue weighted by Crippen LogP contribution is 2.13. The van der Waals surface area contributed by atoms with Gasteiger partial charge in [-0.15, -0.1) is 0 Å². The van der Waals surface area contributed by atoms with E-state index in [0.717, 1.165) is 64.5 Å². The van der Waals surface area contributed by atoms with Crippen LogP contribution < -0.4 is 24.8 Å². The number of rotatable bonds is 33. The lowest BCUT2D eigenvalue weighted by Crippen LogP contribution is -3.00. The van der Waals surface area contributed by atoms with Crippen LogP contribution in [-0.2, 0) is 19.1 Å². The Morgan fingerprint density at radius 3 is 0.913 bits per heavy atom. The number of esters is 2. The molecule has 0 rings (SSSR count). The molecule has 0 heterocycles. The van der Waals surface area contributed by atoms with E-state index in [-0.39, 0.29) is 36.8 Å². The van der Waals surface area contributed by atoms with Gasteiger partial charge >= 0.3 is 11.9 Å². The smallest absolute Gasteiger partial charge is 0.361 e. The highest BCUT2D eigenvalue weighted by Gasteiger charge is 2.22. The number of carbonyl (C=O) groups excluding carboxylic acids is 2. The first-order valence-corrected chi connectivity index (χ1v) is 19.1. The fourth-order valence-electron chi connectivity index (χ4n) is 5.93. The molecule has 0 unspecified atom stereocenters. The Kier molecular flexibility index (Phi) is 37.2. The van der Waals surface area contributed by atoms with Gasteiger partial charge in [0.05, 0.1) is 54.5 Å². The average molecular weight is 698 g/mol. The quantitative estimate of drug-likeness (QED) is 0.0598. The van der Waals surface area contributed by atoms with Gasteiger partial charge in [-0.05, 0) is 38.5 Å². The predicted octanol–water partition coefficient (Wildman–Crippen LogP) is 3.64. The minimum Gasteiger partial charge on any atom is -1.00 e. The SMILES string of the molecule is CCCCCCCCCCCCOC(=O)C[N+](C)(C)CCCCCC[N+](C)(C)CC(=O)OCCCCCCCCCCCC.[Cl-].[Cl-]. The van der Waals surface area contributed by atoms with Gasteiger partial charge in [0.1, 0.15) is 0 Å². The van der Waals surface area contributed by atoms with Crippen molar-refractivity contribution in [2.24, 2.45) is 0 Å². The van der Waals surface area contributed by atoms with Gasteiger partial charge < -0.3 is 43.3 Å². The van der Waals surface area contributed by atoms with Gasteiger partial charge in [-0.3, -0.25) is 0 Å². The van der Waals surface area contributed by atoms with Crippen LogP contribution in [0.1, 0.15) is 168 Å². The van der Waals surface area contributed by atoms with Crippen molar-refractivity contribution >= 4 is 11.9 Å². The Labute approximate surface area is 299 Å². The van der Waals surface area contributed by atoms with E-state index in [2.05, 4.69) is 42.0 Å². The minimum absolute atomic E-state index is 0. The number of halogens is 2. The van der Waals surface area contributed by atoms with Crippen molar-refractivity contribution < 1.29 is 52.8 Å². The third-order valence-electron chi connectivity index (χ3n) is 8.91. The first-order valence-electron chi connectivity index (χ1n) is 19.1. The molecular formula is C38H78Cl2N2O4. The molecule has 0 saturated heterocycles. The van der Waals surface area contributed by atoms with Crippen LogP contribution in [0.25, 0.3) is 0 Å². The first-order chi connectivity index (χ1) is 21.1. The molecule has 0 bridgehead atoms. The van der Waals surface area contributed by atoms with Gasteiger partial charge in [-0.1, -0.05) is 129 Å². The van der Waals surface area contributed by atoms with Crippen molar-refractivity contribution in [3.63, 3.8) is 0 Å². The Morgan fingerprint density at radius 2 is 0.630 bits per heavy atom. The number of hydrogen-bond acceptors (Lipinski definition) is 4. The standard InChI is InChI=1S/C38H78N2O4.2ClH/c1-7-9-11-13-15-17-19-21-25-29-33-43-37(41)35-39(3,4)31-27-23-24-28-32-40(5,6)36-38(42)44-34-30-26-22-20-18-16-14-12-10-8-2;;/h7-36H2,1-6H3;2*1H/q+2;;/p-2. The average Bonchev–Trinajstić information content (AvgIpc) is 2.96. The first kappa shape index (κ1) is 49.8. The molecule has 6 nitrogen and oxygen atoms in total. The summed E-state index contributed by atoms with van der Waals surface area (Å²) in [6.45, 7) is 8.52. The van der Waals surface area contributed by atoms with Crippen LogP contribution >= 0.6 is 0 Å². The summed E-state index contributed by atoms with van der Waals surface area (Å²) in [6.07, 6.45) is 30.3. The van der Waals surface area contributed by atoms with Gasteiger partial charge in [0, 0.05) is 0 Å². The normalized spacial score (nSPS) is 11.5. The molecule has 0 radical (unpaired) electrons. The van der Waals surface area contributed by atoms with Gasteiger partial charge in [0.25, 0.3) is 0 Å². The molecule has 0 aliphatic rings. The largest absolute Gasteiger partial charge is 1.00 e. The molecular weight excluding hydrogens is 619 g/mol. The summed E-state index contributed by atoms with van der Waals surface area (Å²) in [5, 5.41) is 0. The van der Waals surface area contributed by atoms with Crippen molar-refractivity contribution in [1.82, 2.24) is 0 Å². The molecule has 0 N–H and O–H groups in total. The summed E-state index contributed by atoms with van der Waals surface area (Å²) in [4.78, 5) is 24.7. The number of quaternary nitrogens is 2. The Morgan fingerprint density at radius 1 is 0.391 bits per heavy atom. The maximum atomic E-state index is 12.3. The lowest BCUT2D eigenvalue weighted by molar-refractivity contribution is -0.884. The van der Waals surface area contributed by atoms with Gasteiger partial charge in [0.2, 0.25) is 0 Å². The third-order valence-corrected chi connectivity index (χ3v) is 8.91. The fraction of sp³-hybridized carbons (Fsp3) is 0.947. The van der Waals surface area contributed by atoms with Gasteiger partial charge in [0.15, 0.2) is 13.1 Å². The van der Waals surface area contributed by atoms with E-state index in [0.29, 0.717) is 35.3 Å². The van der Waals surface area contributed by atoms with Crippen LogP contribution in [0.3, 0.4) is 0 Å². The molecule has 0 aromatic carbocycles. The highest BCUT2D eigenvalue weighted by molar-refractivity contribution is 5.70. The molecule has 0 aromatic heterocycles. The second-order valence-corrected chi connectivity index (χ2v) is 14.9. The molecule has 0 saturated carbocycles. The van der Waals surface area contributed by atoms with Crippen molar-refractivity contribution in [3.05, 3.63) is 0 Å². The molecule has 0 aliphatic carbocycles. The number of nitrogens with zero attached hydrogens (tertiary/aromatic N) is 2. The lowest BCUT2D eigenvalue weighted by Gasteiger charge is -2.29. The maximum absolute atomic E-state index is 12.3. The Balaban J connectivity index is -0.00000924. The molecule has 46 heavy (non-hydrogen) atoms. The zero-order valence-electron chi connectivity index (χ0n) is 31.5. The zero-order chi connectivity index (χ0) is 32.8. The van der Waals surface area contributed by atoms with E-state index in [1.807, 2.05) is 0 Å². The van der Waals surface area contributed by atoms with E-state index in [1.54, 1.807) is 0 Å². The molecule has 0 spiro atoms. The molecule has 278 valence electrons. The second kappa shape index (κ2) is 34.3.